The second kappa shape index (κ2) is 8.17. The van der Waals surface area contributed by atoms with Crippen LogP contribution in [0.2, 0.25) is 0 Å². The number of benzene rings is 1. The zero-order valence-corrected chi connectivity index (χ0v) is 11.4. The van der Waals surface area contributed by atoms with E-state index in [1.54, 1.807) is 18.2 Å². The van der Waals surface area contributed by atoms with Gasteiger partial charge in [-0.2, -0.15) is 0 Å². The van der Waals surface area contributed by atoms with Gasteiger partial charge in [-0.05, 0) is 30.4 Å². The quantitative estimate of drug-likeness (QED) is 0.548. The molecule has 0 saturated carbocycles. The van der Waals surface area contributed by atoms with E-state index in [1.165, 1.54) is 25.7 Å². The van der Waals surface area contributed by atoms with Crippen molar-refractivity contribution in [3.05, 3.63) is 23.8 Å². The first-order valence-electron chi connectivity index (χ1n) is 6.74. The first kappa shape index (κ1) is 15.1. The SMILES string of the molecule is CCCCCCCOc1ccc(B(O)O)cc1C. The average molecular weight is 250 g/mol. The van der Waals surface area contributed by atoms with Gasteiger partial charge in [0.15, 0.2) is 0 Å². The third-order valence-electron chi connectivity index (χ3n) is 3.00. The summed E-state index contributed by atoms with van der Waals surface area (Å²) in [5, 5.41) is 18.1. The van der Waals surface area contributed by atoms with Crippen molar-refractivity contribution >= 4 is 12.6 Å². The molecule has 0 spiro atoms. The third-order valence-corrected chi connectivity index (χ3v) is 3.00. The molecule has 18 heavy (non-hydrogen) atoms. The number of hydrogen-bond donors (Lipinski definition) is 2. The van der Waals surface area contributed by atoms with Crippen LogP contribution in [-0.4, -0.2) is 23.8 Å². The topological polar surface area (TPSA) is 49.7 Å². The van der Waals surface area contributed by atoms with Gasteiger partial charge < -0.3 is 14.8 Å². The Morgan fingerprint density at radius 3 is 2.44 bits per heavy atom. The van der Waals surface area contributed by atoms with E-state index in [9.17, 15) is 0 Å². The first-order chi connectivity index (χ1) is 8.65. The Labute approximate surface area is 110 Å². The standard InChI is InChI=1S/C14H23BO3/c1-3-4-5-6-7-10-18-14-9-8-13(15(16)17)11-12(14)2/h8-9,11,16-17H,3-7,10H2,1-2H3. The summed E-state index contributed by atoms with van der Waals surface area (Å²) in [6.07, 6.45) is 6.10. The van der Waals surface area contributed by atoms with Gasteiger partial charge in [-0.15, -0.1) is 0 Å². The van der Waals surface area contributed by atoms with Crippen LogP contribution in [0.15, 0.2) is 18.2 Å². The van der Waals surface area contributed by atoms with Gasteiger partial charge in [0.1, 0.15) is 5.75 Å². The van der Waals surface area contributed by atoms with Crippen LogP contribution in [0.1, 0.15) is 44.6 Å². The fraction of sp³-hybridized carbons (Fsp3) is 0.571. The fourth-order valence-electron chi connectivity index (χ4n) is 1.88. The molecule has 1 rings (SSSR count). The molecular weight excluding hydrogens is 227 g/mol. The van der Waals surface area contributed by atoms with E-state index in [1.807, 2.05) is 6.92 Å². The van der Waals surface area contributed by atoms with Crippen LogP contribution in [0.5, 0.6) is 5.75 Å². The maximum atomic E-state index is 9.05. The third kappa shape index (κ3) is 5.11. The average Bonchev–Trinajstić information content (AvgIpc) is 2.35. The van der Waals surface area contributed by atoms with E-state index in [0.29, 0.717) is 5.46 Å². The van der Waals surface area contributed by atoms with Gasteiger partial charge in [0.25, 0.3) is 0 Å². The lowest BCUT2D eigenvalue weighted by Crippen LogP contribution is -2.29. The molecule has 0 aromatic heterocycles. The summed E-state index contributed by atoms with van der Waals surface area (Å²) < 4.78 is 5.69. The zero-order valence-electron chi connectivity index (χ0n) is 11.4. The second-order valence-electron chi connectivity index (χ2n) is 4.66. The maximum absolute atomic E-state index is 9.05. The van der Waals surface area contributed by atoms with E-state index >= 15 is 0 Å². The van der Waals surface area contributed by atoms with Gasteiger partial charge in [-0.25, -0.2) is 0 Å². The molecule has 0 fully saturated rings. The summed E-state index contributed by atoms with van der Waals surface area (Å²) in [5.74, 6) is 0.829. The van der Waals surface area contributed by atoms with Gasteiger partial charge in [0, 0.05) is 0 Å². The molecule has 0 saturated heterocycles. The predicted molar refractivity (Wildman–Crippen MR) is 75.3 cm³/mol. The Hall–Kier alpha value is -0.995. The number of rotatable bonds is 8. The lowest BCUT2D eigenvalue weighted by molar-refractivity contribution is 0.302. The Morgan fingerprint density at radius 1 is 1.11 bits per heavy atom. The molecule has 0 unspecified atom stereocenters. The lowest BCUT2D eigenvalue weighted by atomic mass is 9.79. The molecule has 1 aromatic carbocycles. The van der Waals surface area contributed by atoms with Gasteiger partial charge in [-0.1, -0.05) is 44.7 Å². The van der Waals surface area contributed by atoms with Crippen molar-refractivity contribution in [3.63, 3.8) is 0 Å². The van der Waals surface area contributed by atoms with Crippen LogP contribution >= 0.6 is 0 Å². The Kier molecular flexibility index (Phi) is 6.84. The summed E-state index contributed by atoms with van der Waals surface area (Å²) >= 11 is 0. The molecule has 3 nitrogen and oxygen atoms in total. The van der Waals surface area contributed by atoms with E-state index < -0.39 is 7.12 Å². The second-order valence-corrected chi connectivity index (χ2v) is 4.66. The van der Waals surface area contributed by atoms with Gasteiger partial charge in [0.05, 0.1) is 6.61 Å². The molecule has 0 bridgehead atoms. The molecule has 0 radical (unpaired) electrons. The monoisotopic (exact) mass is 250 g/mol. The van der Waals surface area contributed by atoms with E-state index in [-0.39, 0.29) is 0 Å². The normalized spacial score (nSPS) is 10.4. The van der Waals surface area contributed by atoms with Crippen molar-refractivity contribution in [2.24, 2.45) is 0 Å². The minimum absolute atomic E-state index is 0.503. The molecule has 100 valence electrons. The van der Waals surface area contributed by atoms with Gasteiger partial charge in [0.2, 0.25) is 0 Å². The summed E-state index contributed by atoms with van der Waals surface area (Å²) in [5.41, 5.74) is 1.44. The van der Waals surface area contributed by atoms with Crippen molar-refractivity contribution in [1.82, 2.24) is 0 Å². The van der Waals surface area contributed by atoms with Crippen LogP contribution in [0.25, 0.3) is 0 Å². The van der Waals surface area contributed by atoms with Crippen molar-refractivity contribution in [1.29, 1.82) is 0 Å². The molecule has 0 aliphatic carbocycles. The highest BCUT2D eigenvalue weighted by Crippen LogP contribution is 2.16. The van der Waals surface area contributed by atoms with Crippen LogP contribution in [-0.2, 0) is 0 Å². The largest absolute Gasteiger partial charge is 0.493 e. The predicted octanol–water partition coefficient (Wildman–Crippen LogP) is 2.02. The van der Waals surface area contributed by atoms with E-state index in [2.05, 4.69) is 6.92 Å². The molecule has 0 heterocycles. The summed E-state index contributed by atoms with van der Waals surface area (Å²) in [7, 11) is -1.41. The first-order valence-corrected chi connectivity index (χ1v) is 6.74. The smallest absolute Gasteiger partial charge is 0.488 e. The van der Waals surface area contributed by atoms with Crippen LogP contribution in [0.4, 0.5) is 0 Å². The highest BCUT2D eigenvalue weighted by atomic mass is 16.5. The summed E-state index contributed by atoms with van der Waals surface area (Å²) in [4.78, 5) is 0. The number of unbranched alkanes of at least 4 members (excludes halogenated alkanes) is 4. The summed E-state index contributed by atoms with van der Waals surface area (Å²) in [6, 6.07) is 5.23. The Balaban J connectivity index is 2.34. The molecule has 0 atom stereocenters. The molecule has 1 aromatic rings. The van der Waals surface area contributed by atoms with Crippen molar-refractivity contribution in [2.45, 2.75) is 46.0 Å². The molecule has 0 aliphatic rings. The minimum Gasteiger partial charge on any atom is -0.493 e. The summed E-state index contributed by atoms with van der Waals surface area (Å²) in [6.45, 7) is 4.85. The van der Waals surface area contributed by atoms with Crippen molar-refractivity contribution < 1.29 is 14.8 Å². The molecular formula is C14H23BO3. The van der Waals surface area contributed by atoms with Crippen LogP contribution < -0.4 is 10.2 Å². The maximum Gasteiger partial charge on any atom is 0.488 e. The number of aryl methyl sites for hydroxylation is 1. The Bertz CT molecular complexity index is 353. The number of ether oxygens (including phenoxy) is 1. The Morgan fingerprint density at radius 2 is 1.83 bits per heavy atom. The molecule has 4 heteroatoms. The molecule has 2 N–H and O–H groups in total. The van der Waals surface area contributed by atoms with Gasteiger partial charge >= 0.3 is 7.12 Å². The fourth-order valence-corrected chi connectivity index (χ4v) is 1.88. The van der Waals surface area contributed by atoms with Crippen LogP contribution in [0.3, 0.4) is 0 Å². The van der Waals surface area contributed by atoms with E-state index in [0.717, 1.165) is 24.3 Å². The highest BCUT2D eigenvalue weighted by molar-refractivity contribution is 6.58. The van der Waals surface area contributed by atoms with E-state index in [4.69, 9.17) is 14.8 Å². The van der Waals surface area contributed by atoms with Crippen molar-refractivity contribution in [3.8, 4) is 5.75 Å². The van der Waals surface area contributed by atoms with Gasteiger partial charge in [-0.3, -0.25) is 0 Å². The zero-order chi connectivity index (χ0) is 13.4. The molecule has 0 amide bonds. The van der Waals surface area contributed by atoms with Crippen LogP contribution in [0, 0.1) is 6.92 Å². The van der Waals surface area contributed by atoms with Crippen molar-refractivity contribution in [2.75, 3.05) is 6.61 Å². The minimum atomic E-state index is -1.41. The highest BCUT2D eigenvalue weighted by Gasteiger charge is 2.12. The number of hydrogen-bond acceptors (Lipinski definition) is 3. The lowest BCUT2D eigenvalue weighted by Gasteiger charge is -2.10. The molecule has 0 aliphatic heterocycles.